The molecule has 230 valence electrons. The molecular weight excluding hydrogens is 556 g/mol. The van der Waals surface area contributed by atoms with Gasteiger partial charge in [0.25, 0.3) is 0 Å². The van der Waals surface area contributed by atoms with Crippen LogP contribution in [0.15, 0.2) is 36.5 Å². The number of aromatic nitrogens is 1. The number of halogens is 4. The summed E-state index contributed by atoms with van der Waals surface area (Å²) in [6.45, 7) is 3.27. The number of β-amino-alcohol motifs (C(OH)–C–C–N with tert-alkyl or cyclic N) is 1. The zero-order valence-corrected chi connectivity index (χ0v) is 23.6. The Morgan fingerprint density at radius 1 is 1.21 bits per heavy atom. The van der Waals surface area contributed by atoms with E-state index in [0.29, 0.717) is 37.6 Å². The van der Waals surface area contributed by atoms with Crippen molar-refractivity contribution in [3.63, 3.8) is 0 Å². The largest absolute Gasteiger partial charge is 0.477 e. The lowest BCUT2D eigenvalue weighted by Crippen LogP contribution is -2.53. The molecule has 1 aromatic heterocycles. The molecule has 0 radical (unpaired) electrons. The van der Waals surface area contributed by atoms with Crippen LogP contribution in [0.5, 0.6) is 5.88 Å². The fraction of sp³-hybridized carbons (Fsp3) is 0.600. The van der Waals surface area contributed by atoms with E-state index in [2.05, 4.69) is 4.98 Å². The molecule has 8 nitrogen and oxygen atoms in total. The smallest absolute Gasteiger partial charge is 0.395 e. The zero-order chi connectivity index (χ0) is 30.3. The second-order valence-electron chi connectivity index (χ2n) is 12.3. The number of carbonyl (C=O) groups excluding carboxylic acids is 1. The molecule has 1 aromatic carbocycles. The molecule has 0 spiro atoms. The maximum atomic E-state index is 15.1. The number of ether oxygens (including phenoxy) is 1. The Bertz CT molecular complexity index is 1260. The summed E-state index contributed by atoms with van der Waals surface area (Å²) in [5, 5.41) is 20.9. The molecule has 4 N–H and O–H groups in total. The highest BCUT2D eigenvalue weighted by Crippen LogP contribution is 2.53. The van der Waals surface area contributed by atoms with Crippen molar-refractivity contribution in [1.82, 2.24) is 14.8 Å². The van der Waals surface area contributed by atoms with Gasteiger partial charge in [0.2, 0.25) is 11.8 Å². The topological polar surface area (TPSA) is 112 Å². The first-order valence-corrected chi connectivity index (χ1v) is 14.4. The first kappa shape index (κ1) is 30.7. The van der Waals surface area contributed by atoms with E-state index in [0.717, 1.165) is 12.8 Å². The fourth-order valence-corrected chi connectivity index (χ4v) is 6.49. The molecule has 1 aliphatic carbocycles. The molecule has 2 aliphatic heterocycles. The minimum Gasteiger partial charge on any atom is -0.477 e. The Labute approximate surface area is 242 Å². The third-order valence-electron chi connectivity index (χ3n) is 9.45. The number of likely N-dealkylation sites (tertiary alicyclic amines) is 2. The fourth-order valence-electron chi connectivity index (χ4n) is 6.49. The highest BCUT2D eigenvalue weighted by Gasteiger charge is 2.58. The summed E-state index contributed by atoms with van der Waals surface area (Å²) in [4.78, 5) is 19.6. The lowest BCUT2D eigenvalue weighted by molar-refractivity contribution is -0.256. The van der Waals surface area contributed by atoms with Gasteiger partial charge in [-0.05, 0) is 69.3 Å². The van der Waals surface area contributed by atoms with Crippen molar-refractivity contribution in [2.45, 2.75) is 69.5 Å². The number of rotatable bonds is 9. The van der Waals surface area contributed by atoms with Crippen LogP contribution in [0.1, 0.15) is 57.2 Å². The third-order valence-corrected chi connectivity index (χ3v) is 9.45. The predicted molar refractivity (Wildman–Crippen MR) is 147 cm³/mol. The number of nitrogens with zero attached hydrogens (tertiary/aromatic N) is 3. The van der Waals surface area contributed by atoms with Crippen molar-refractivity contribution in [3.8, 4) is 17.0 Å². The highest BCUT2D eigenvalue weighted by molar-refractivity contribution is 5.84. The zero-order valence-electron chi connectivity index (χ0n) is 23.6. The summed E-state index contributed by atoms with van der Waals surface area (Å²) >= 11 is 0. The van der Waals surface area contributed by atoms with Gasteiger partial charge in [-0.2, -0.15) is 13.2 Å². The summed E-state index contributed by atoms with van der Waals surface area (Å²) in [6.07, 6.45) is -2.19. The molecule has 3 fully saturated rings. The van der Waals surface area contributed by atoms with E-state index < -0.39 is 41.2 Å². The number of benzene rings is 1. The molecule has 2 saturated heterocycles. The van der Waals surface area contributed by atoms with Gasteiger partial charge in [-0.15, -0.1) is 0 Å². The van der Waals surface area contributed by atoms with E-state index in [1.807, 2.05) is 4.90 Å². The molecule has 1 saturated carbocycles. The van der Waals surface area contributed by atoms with Gasteiger partial charge >= 0.3 is 6.18 Å². The van der Waals surface area contributed by atoms with Gasteiger partial charge in [0.15, 0.2) is 0 Å². The van der Waals surface area contributed by atoms with E-state index in [1.54, 1.807) is 25.1 Å². The molecule has 3 aliphatic rings. The van der Waals surface area contributed by atoms with E-state index in [4.69, 9.17) is 10.5 Å². The number of hydrogen-bond donors (Lipinski definition) is 3. The van der Waals surface area contributed by atoms with Gasteiger partial charge in [-0.1, -0.05) is 18.6 Å². The normalized spacial score (nSPS) is 26.1. The maximum Gasteiger partial charge on any atom is 0.395 e. The van der Waals surface area contributed by atoms with E-state index in [9.17, 15) is 28.2 Å². The van der Waals surface area contributed by atoms with Crippen molar-refractivity contribution in [3.05, 3.63) is 47.9 Å². The monoisotopic (exact) mass is 594 g/mol. The van der Waals surface area contributed by atoms with Crippen molar-refractivity contribution in [1.29, 1.82) is 0 Å². The number of pyridine rings is 1. The summed E-state index contributed by atoms with van der Waals surface area (Å²) in [6, 6.07) is 7.56. The van der Waals surface area contributed by atoms with Crippen LogP contribution in [0.25, 0.3) is 11.1 Å². The Kier molecular flexibility index (Phi) is 8.54. The van der Waals surface area contributed by atoms with Crippen molar-refractivity contribution >= 4 is 5.91 Å². The van der Waals surface area contributed by atoms with Gasteiger partial charge in [0.1, 0.15) is 17.6 Å². The maximum absolute atomic E-state index is 15.1. The van der Waals surface area contributed by atoms with Crippen LogP contribution in [0.2, 0.25) is 0 Å². The number of hydrogen-bond acceptors (Lipinski definition) is 7. The van der Waals surface area contributed by atoms with Gasteiger partial charge in [0.05, 0.1) is 18.1 Å². The molecule has 0 bridgehead atoms. The van der Waals surface area contributed by atoms with Gasteiger partial charge < -0.3 is 25.6 Å². The second kappa shape index (κ2) is 11.7. The molecule has 42 heavy (non-hydrogen) atoms. The third kappa shape index (κ3) is 5.99. The number of aliphatic hydroxyl groups is 2. The van der Waals surface area contributed by atoms with Crippen LogP contribution in [0.3, 0.4) is 0 Å². The lowest BCUT2D eigenvalue weighted by Gasteiger charge is -2.47. The minimum atomic E-state index is -4.15. The Hall–Kier alpha value is -2.80. The average Bonchev–Trinajstić information content (AvgIpc) is 3.24. The van der Waals surface area contributed by atoms with Crippen molar-refractivity contribution in [2.75, 3.05) is 32.8 Å². The first-order valence-electron chi connectivity index (χ1n) is 14.4. The summed E-state index contributed by atoms with van der Waals surface area (Å²) in [5.41, 5.74) is 3.70. The van der Waals surface area contributed by atoms with E-state index >= 15 is 4.39 Å². The molecule has 3 atom stereocenters. The number of carbonyl (C=O) groups is 1. The number of aliphatic hydroxyl groups excluding tert-OH is 2. The summed E-state index contributed by atoms with van der Waals surface area (Å²) in [5.74, 6) is -0.687. The Morgan fingerprint density at radius 3 is 2.48 bits per heavy atom. The highest BCUT2D eigenvalue weighted by atomic mass is 19.4. The molecule has 2 aromatic rings. The standard InChI is InChI=1S/C30H38F4N4O4/c1-28(27(35)41)14-22(39)16-38(28)26(40)20-3-5-23(24(31)13-20)21-4-6-25(36-15-21)42-17-19-7-11-37(12-8-19)18-29(9-2-10-29)30(32,33)34/h3-6,13,15,19,22,26,39-40H,2,7-12,14,16-18H2,1H3,(H2,35,41)/t22-,26?,28+/m1/s1. The minimum absolute atomic E-state index is 0.0211. The number of amides is 1. The molecule has 3 heterocycles. The molecule has 12 heteroatoms. The quantitative estimate of drug-likeness (QED) is 0.376. The van der Waals surface area contributed by atoms with Crippen LogP contribution < -0.4 is 10.5 Å². The van der Waals surface area contributed by atoms with Crippen LogP contribution in [0.4, 0.5) is 17.6 Å². The first-order chi connectivity index (χ1) is 19.8. The predicted octanol–water partition coefficient (Wildman–Crippen LogP) is 4.01. The van der Waals surface area contributed by atoms with Crippen LogP contribution in [-0.4, -0.2) is 81.5 Å². The van der Waals surface area contributed by atoms with Gasteiger partial charge in [-0.25, -0.2) is 9.37 Å². The average molecular weight is 595 g/mol. The molecular formula is C30H38F4N4O4. The Balaban J connectivity index is 1.14. The molecule has 5 rings (SSSR count). The van der Waals surface area contributed by atoms with E-state index in [1.165, 1.54) is 23.2 Å². The lowest BCUT2D eigenvalue weighted by atomic mass is 9.67. The number of nitrogens with two attached hydrogens (primary N) is 1. The van der Waals surface area contributed by atoms with Crippen molar-refractivity contribution < 1.29 is 37.3 Å². The van der Waals surface area contributed by atoms with Crippen LogP contribution in [-0.2, 0) is 4.79 Å². The second-order valence-corrected chi connectivity index (χ2v) is 12.3. The number of piperidine rings is 1. The van der Waals surface area contributed by atoms with Gasteiger partial charge in [0, 0.05) is 42.9 Å². The summed E-state index contributed by atoms with van der Waals surface area (Å²) in [7, 11) is 0. The van der Waals surface area contributed by atoms with Crippen LogP contribution >= 0.6 is 0 Å². The van der Waals surface area contributed by atoms with Crippen LogP contribution in [0, 0.1) is 17.2 Å². The van der Waals surface area contributed by atoms with Crippen molar-refractivity contribution in [2.24, 2.45) is 17.1 Å². The molecule has 1 amide bonds. The number of alkyl halides is 3. The van der Waals surface area contributed by atoms with E-state index in [-0.39, 0.29) is 49.4 Å². The number of primary amides is 1. The summed E-state index contributed by atoms with van der Waals surface area (Å²) < 4.78 is 61.5. The Morgan fingerprint density at radius 2 is 1.93 bits per heavy atom. The SMILES string of the molecule is C[C@@]1(C(N)=O)C[C@@H](O)CN1C(O)c1ccc(-c2ccc(OCC3CCN(CC4(C(F)(F)F)CCC4)CC3)nc2)c(F)c1. The molecule has 1 unspecified atom stereocenters. The van der Waals surface area contributed by atoms with Gasteiger partial charge in [-0.3, -0.25) is 9.69 Å².